The highest BCUT2D eigenvalue weighted by atomic mass is 32.2. The fourth-order valence-electron chi connectivity index (χ4n) is 2.65. The second kappa shape index (κ2) is 9.14. The van der Waals surface area contributed by atoms with Gasteiger partial charge < -0.3 is 5.11 Å². The Morgan fingerprint density at radius 1 is 1.32 bits per heavy atom. The van der Waals surface area contributed by atoms with Gasteiger partial charge in [-0.1, -0.05) is 36.0 Å². The topological polar surface area (TPSA) is 101 Å². The van der Waals surface area contributed by atoms with Crippen LogP contribution in [0.3, 0.4) is 0 Å². The summed E-state index contributed by atoms with van der Waals surface area (Å²) in [5, 5.41) is 20.1. The molecule has 1 aliphatic rings. The van der Waals surface area contributed by atoms with E-state index >= 15 is 0 Å². The normalized spacial score (nSPS) is 15.6. The van der Waals surface area contributed by atoms with Crippen molar-refractivity contribution >= 4 is 57.7 Å². The van der Waals surface area contributed by atoms with Crippen molar-refractivity contribution in [2.75, 3.05) is 29.8 Å². The van der Waals surface area contributed by atoms with Crippen LogP contribution in [0.2, 0.25) is 0 Å². The molecule has 0 aliphatic carbocycles. The van der Waals surface area contributed by atoms with Gasteiger partial charge in [-0.25, -0.2) is 9.98 Å². The SMILES string of the molecule is CN(C)[n+]1cc(/N=C(/[O-])CSC2=N/C(=C/c3cccs3)C(=O)N2c2ccccc2)on1. The summed E-state index contributed by atoms with van der Waals surface area (Å²) in [4.78, 5) is 25.3. The number of carbonyl (C=O) groups is 1. The van der Waals surface area contributed by atoms with Gasteiger partial charge in [0.25, 0.3) is 12.1 Å². The molecule has 4 rings (SSSR count). The molecule has 0 radical (unpaired) electrons. The number of anilines is 1. The zero-order chi connectivity index (χ0) is 21.8. The lowest BCUT2D eigenvalue weighted by Crippen LogP contribution is -2.53. The minimum atomic E-state index is -0.425. The van der Waals surface area contributed by atoms with Gasteiger partial charge in [0, 0.05) is 10.6 Å². The van der Waals surface area contributed by atoms with Crippen molar-refractivity contribution in [3.05, 3.63) is 64.6 Å². The molecule has 2 aromatic heterocycles. The van der Waals surface area contributed by atoms with Crippen LogP contribution < -0.4 is 19.8 Å². The number of benzene rings is 1. The number of hydrogen-bond acceptors (Lipinski definition) is 9. The number of amidine groups is 1. The van der Waals surface area contributed by atoms with Crippen LogP contribution in [0.4, 0.5) is 11.6 Å². The Morgan fingerprint density at radius 3 is 2.81 bits per heavy atom. The Labute approximate surface area is 186 Å². The molecule has 0 N–H and O–H groups in total. The van der Waals surface area contributed by atoms with E-state index in [0.29, 0.717) is 16.6 Å². The average Bonchev–Trinajstić information content (AvgIpc) is 3.49. The predicted octanol–water partition coefficient (Wildman–Crippen LogP) is 1.79. The summed E-state index contributed by atoms with van der Waals surface area (Å²) in [6.45, 7) is 0. The summed E-state index contributed by atoms with van der Waals surface area (Å²) in [6.07, 6.45) is 3.24. The molecule has 0 unspecified atom stereocenters. The standard InChI is InChI=1S/C20H18N6O3S2/c1-24(2)25-12-18(29-23-25)22-17(27)13-31-20-21-16(11-15-9-6-10-30-15)19(28)26(20)14-7-4-3-5-8-14/h3-12H,13H2,1-2H3/b16-11+. The second-order valence-corrected chi connectivity index (χ2v) is 8.44. The summed E-state index contributed by atoms with van der Waals surface area (Å²) in [7, 11) is 3.55. The molecular formula is C20H18N6O3S2. The summed E-state index contributed by atoms with van der Waals surface area (Å²) in [6, 6.07) is 13.0. The van der Waals surface area contributed by atoms with Gasteiger partial charge in [-0.3, -0.25) is 14.2 Å². The van der Waals surface area contributed by atoms with Crippen molar-refractivity contribution in [3.8, 4) is 0 Å². The molecule has 0 saturated heterocycles. The highest BCUT2D eigenvalue weighted by molar-refractivity contribution is 8.14. The molecule has 1 aliphatic heterocycles. The van der Waals surface area contributed by atoms with Gasteiger partial charge in [0.2, 0.25) is 5.27 Å². The summed E-state index contributed by atoms with van der Waals surface area (Å²) < 4.78 is 5.02. The Hall–Kier alpha value is -3.44. The fraction of sp³-hybridized carbons (Fsp3) is 0.150. The van der Waals surface area contributed by atoms with Gasteiger partial charge in [-0.05, 0) is 35.6 Å². The van der Waals surface area contributed by atoms with Gasteiger partial charge in [0.1, 0.15) is 5.70 Å². The molecule has 158 valence electrons. The Balaban J connectivity index is 1.55. The van der Waals surface area contributed by atoms with E-state index in [1.54, 1.807) is 25.2 Å². The maximum absolute atomic E-state index is 13.0. The smallest absolute Gasteiger partial charge is 0.324 e. The zero-order valence-electron chi connectivity index (χ0n) is 16.7. The number of hydrogen-bond donors (Lipinski definition) is 0. The van der Waals surface area contributed by atoms with Gasteiger partial charge in [-0.2, -0.15) is 5.01 Å². The minimum absolute atomic E-state index is 0.00953. The van der Waals surface area contributed by atoms with Crippen molar-refractivity contribution in [3.63, 3.8) is 0 Å². The third kappa shape index (κ3) is 4.84. The molecule has 1 aromatic carbocycles. The lowest BCUT2D eigenvalue weighted by molar-refractivity contribution is -0.753. The van der Waals surface area contributed by atoms with E-state index in [0.717, 1.165) is 16.6 Å². The molecule has 0 spiro atoms. The van der Waals surface area contributed by atoms with E-state index in [4.69, 9.17) is 4.52 Å². The van der Waals surface area contributed by atoms with E-state index in [2.05, 4.69) is 15.3 Å². The largest absolute Gasteiger partial charge is 0.861 e. The lowest BCUT2D eigenvalue weighted by Gasteiger charge is -2.18. The maximum atomic E-state index is 13.0. The van der Waals surface area contributed by atoms with E-state index in [1.807, 2.05) is 47.8 Å². The lowest BCUT2D eigenvalue weighted by atomic mass is 10.3. The van der Waals surface area contributed by atoms with Crippen LogP contribution in [0.5, 0.6) is 0 Å². The molecule has 3 aromatic rings. The first-order valence-electron chi connectivity index (χ1n) is 9.18. The maximum Gasteiger partial charge on any atom is 0.324 e. The Kier molecular flexibility index (Phi) is 6.14. The van der Waals surface area contributed by atoms with Crippen LogP contribution in [0.1, 0.15) is 4.88 Å². The number of amides is 1. The van der Waals surface area contributed by atoms with Crippen LogP contribution >= 0.6 is 23.1 Å². The van der Waals surface area contributed by atoms with E-state index in [9.17, 15) is 9.90 Å². The van der Waals surface area contributed by atoms with Gasteiger partial charge >= 0.3 is 5.88 Å². The van der Waals surface area contributed by atoms with Gasteiger partial charge in [0.05, 0.1) is 24.6 Å². The first-order valence-corrected chi connectivity index (χ1v) is 11.0. The van der Waals surface area contributed by atoms with Crippen molar-refractivity contribution in [1.82, 2.24) is 5.27 Å². The number of thioether (sulfide) groups is 1. The van der Waals surface area contributed by atoms with Crippen LogP contribution in [-0.4, -0.2) is 42.1 Å². The summed E-state index contributed by atoms with van der Waals surface area (Å²) in [5.41, 5.74) is 1.00. The molecule has 31 heavy (non-hydrogen) atoms. The first kappa shape index (κ1) is 20.8. The second-order valence-electron chi connectivity index (χ2n) is 6.52. The molecule has 0 atom stereocenters. The van der Waals surface area contributed by atoms with Crippen molar-refractivity contribution in [2.24, 2.45) is 9.98 Å². The highest BCUT2D eigenvalue weighted by Gasteiger charge is 2.31. The quantitative estimate of drug-likeness (QED) is 0.244. The molecule has 3 heterocycles. The van der Waals surface area contributed by atoms with Crippen molar-refractivity contribution < 1.29 is 19.2 Å². The van der Waals surface area contributed by atoms with Crippen LogP contribution in [-0.2, 0) is 4.79 Å². The molecule has 0 bridgehead atoms. The number of nitrogens with zero attached hydrogens (tertiary/aromatic N) is 6. The Bertz CT molecular complexity index is 1150. The van der Waals surface area contributed by atoms with Crippen LogP contribution in [0, 0.1) is 0 Å². The molecule has 0 fully saturated rings. The van der Waals surface area contributed by atoms with Gasteiger partial charge in [-0.15, -0.1) is 11.3 Å². The van der Waals surface area contributed by atoms with E-state index in [-0.39, 0.29) is 17.5 Å². The average molecular weight is 455 g/mol. The highest BCUT2D eigenvalue weighted by Crippen LogP contribution is 2.29. The third-order valence-electron chi connectivity index (χ3n) is 4.08. The molecule has 11 heteroatoms. The van der Waals surface area contributed by atoms with Crippen LogP contribution in [0.25, 0.3) is 6.08 Å². The number of thiophene rings is 1. The third-order valence-corrected chi connectivity index (χ3v) is 5.82. The minimum Gasteiger partial charge on any atom is -0.861 e. The summed E-state index contributed by atoms with van der Waals surface area (Å²) >= 11 is 2.66. The first-order chi connectivity index (χ1) is 15.0. The molecular weight excluding hydrogens is 436 g/mol. The fourth-order valence-corrected chi connectivity index (χ4v) is 4.10. The van der Waals surface area contributed by atoms with Crippen molar-refractivity contribution in [1.29, 1.82) is 0 Å². The van der Waals surface area contributed by atoms with E-state index < -0.39 is 5.90 Å². The summed E-state index contributed by atoms with van der Waals surface area (Å²) in [5.74, 6) is -0.578. The number of rotatable bonds is 6. The van der Waals surface area contributed by atoms with E-state index in [1.165, 1.54) is 27.2 Å². The molecule has 0 saturated carbocycles. The molecule has 1 amide bonds. The molecule has 9 nitrogen and oxygen atoms in total. The monoisotopic (exact) mass is 454 g/mol. The number of aliphatic imine (C=N–C) groups is 2. The van der Waals surface area contributed by atoms with Crippen LogP contribution in [0.15, 0.2) is 74.2 Å². The van der Waals surface area contributed by atoms with Gasteiger partial charge in [0.15, 0.2) is 5.17 Å². The number of carbonyl (C=O) groups excluding carboxylic acids is 1. The predicted molar refractivity (Wildman–Crippen MR) is 120 cm³/mol. The zero-order valence-corrected chi connectivity index (χ0v) is 18.3. The number of para-hydroxylation sites is 1. The Morgan fingerprint density at radius 2 is 2.13 bits per heavy atom. The number of aromatic nitrogens is 2. The van der Waals surface area contributed by atoms with Crippen molar-refractivity contribution in [2.45, 2.75) is 0 Å².